The molecule has 1 aliphatic heterocycles. The molecule has 1 aliphatic rings. The summed E-state index contributed by atoms with van der Waals surface area (Å²) in [7, 11) is 3.10. The number of rotatable bonds is 8. The Labute approximate surface area is 202 Å². The molecule has 0 bridgehead atoms. The first-order valence-electron chi connectivity index (χ1n) is 10.0. The lowest BCUT2D eigenvalue weighted by Crippen LogP contribution is -2.27. The molecule has 2 heterocycles. The summed E-state index contributed by atoms with van der Waals surface area (Å²) in [5.74, 6) is 1.05. The third-order valence-corrected chi connectivity index (χ3v) is 6.55. The van der Waals surface area contributed by atoms with Crippen molar-refractivity contribution in [2.75, 3.05) is 20.8 Å². The fraction of sp³-hybridized carbons (Fsp3) is 0.273. The second-order valence-corrected chi connectivity index (χ2v) is 9.04. The topological polar surface area (TPSA) is 108 Å². The molecule has 0 saturated carbocycles. The van der Waals surface area contributed by atoms with Crippen LogP contribution in [0.4, 0.5) is 0 Å². The second-order valence-electron chi connectivity index (χ2n) is 6.96. The van der Waals surface area contributed by atoms with Crippen molar-refractivity contribution in [2.24, 2.45) is 5.10 Å². The SMILES string of the molecule is CCOc1c(OC)cc(-c2nnc3n2N=C(c2ccc(Br)cc2)C(CC(=O)O)S3)cc1OC. The van der Waals surface area contributed by atoms with Gasteiger partial charge in [0.2, 0.25) is 10.9 Å². The number of hydrogen-bond acceptors (Lipinski definition) is 8. The minimum atomic E-state index is -0.911. The van der Waals surface area contributed by atoms with Gasteiger partial charge in [-0.05, 0) is 36.8 Å². The molecular formula is C22H21BrN4O5S. The van der Waals surface area contributed by atoms with Crippen LogP contribution < -0.4 is 14.2 Å². The summed E-state index contributed by atoms with van der Waals surface area (Å²) < 4.78 is 19.3. The Bertz CT molecular complexity index is 1190. The minimum Gasteiger partial charge on any atom is -0.493 e. The highest BCUT2D eigenvalue weighted by molar-refractivity contribution is 9.10. The van der Waals surface area contributed by atoms with E-state index in [0.717, 1.165) is 10.0 Å². The van der Waals surface area contributed by atoms with Gasteiger partial charge in [-0.15, -0.1) is 10.2 Å². The van der Waals surface area contributed by atoms with Crippen LogP contribution in [0.3, 0.4) is 0 Å². The Hall–Kier alpha value is -3.05. The molecule has 1 atom stereocenters. The number of ether oxygens (including phenoxy) is 3. The van der Waals surface area contributed by atoms with Gasteiger partial charge in [-0.3, -0.25) is 4.79 Å². The van der Waals surface area contributed by atoms with Gasteiger partial charge < -0.3 is 19.3 Å². The smallest absolute Gasteiger partial charge is 0.304 e. The monoisotopic (exact) mass is 532 g/mol. The molecule has 1 unspecified atom stereocenters. The average Bonchev–Trinajstić information content (AvgIpc) is 3.21. The third kappa shape index (κ3) is 4.69. The first-order chi connectivity index (χ1) is 15.9. The highest BCUT2D eigenvalue weighted by atomic mass is 79.9. The van der Waals surface area contributed by atoms with Crippen LogP contribution in [-0.2, 0) is 4.79 Å². The first-order valence-corrected chi connectivity index (χ1v) is 11.7. The number of fused-ring (bicyclic) bond motifs is 1. The molecule has 0 radical (unpaired) electrons. The minimum absolute atomic E-state index is 0.0908. The molecule has 33 heavy (non-hydrogen) atoms. The van der Waals surface area contributed by atoms with Crippen LogP contribution in [0.2, 0.25) is 0 Å². The van der Waals surface area contributed by atoms with Crippen molar-refractivity contribution in [3.63, 3.8) is 0 Å². The summed E-state index contributed by atoms with van der Waals surface area (Å²) in [4.78, 5) is 11.5. The van der Waals surface area contributed by atoms with Gasteiger partial charge in [0.25, 0.3) is 0 Å². The molecule has 0 spiro atoms. The van der Waals surface area contributed by atoms with Gasteiger partial charge in [0.15, 0.2) is 17.3 Å². The van der Waals surface area contributed by atoms with Crippen LogP contribution in [0, 0.1) is 0 Å². The maximum absolute atomic E-state index is 11.5. The number of benzene rings is 2. The summed E-state index contributed by atoms with van der Waals surface area (Å²) in [6.07, 6.45) is -0.0908. The van der Waals surface area contributed by atoms with Gasteiger partial charge >= 0.3 is 5.97 Å². The number of carboxylic acids is 1. The lowest BCUT2D eigenvalue weighted by molar-refractivity contribution is -0.136. The standard InChI is InChI=1S/C22H21BrN4O5S/c1-4-32-20-15(30-2)9-13(10-16(20)31-3)21-24-25-22-27(21)26-19(17(33-22)11-18(28)29)12-5-7-14(23)8-6-12/h5-10,17H,4,11H2,1-3H3,(H,28,29). The van der Waals surface area contributed by atoms with E-state index in [2.05, 4.69) is 26.1 Å². The Balaban J connectivity index is 1.84. The summed E-state index contributed by atoms with van der Waals surface area (Å²) in [6, 6.07) is 11.2. The van der Waals surface area contributed by atoms with Crippen molar-refractivity contribution < 1.29 is 24.1 Å². The lowest BCUT2D eigenvalue weighted by Gasteiger charge is -2.22. The second kappa shape index (κ2) is 9.84. The molecule has 0 saturated heterocycles. The van der Waals surface area contributed by atoms with E-state index in [1.807, 2.05) is 31.2 Å². The quantitative estimate of drug-likeness (QED) is 0.456. The fourth-order valence-electron chi connectivity index (χ4n) is 3.42. The number of hydrogen-bond donors (Lipinski definition) is 1. The summed E-state index contributed by atoms with van der Waals surface area (Å²) in [5, 5.41) is 22.9. The van der Waals surface area contributed by atoms with Crippen molar-refractivity contribution >= 4 is 39.4 Å². The largest absolute Gasteiger partial charge is 0.493 e. The highest BCUT2D eigenvalue weighted by Gasteiger charge is 2.31. The molecule has 1 aromatic heterocycles. The maximum atomic E-state index is 11.5. The Morgan fingerprint density at radius 1 is 1.12 bits per heavy atom. The normalized spacial score (nSPS) is 14.9. The van der Waals surface area contributed by atoms with Crippen molar-refractivity contribution in [3.05, 3.63) is 46.4 Å². The fourth-order valence-corrected chi connectivity index (χ4v) is 4.78. The molecule has 3 aromatic rings. The predicted octanol–water partition coefficient (Wildman–Crippen LogP) is 4.32. The lowest BCUT2D eigenvalue weighted by atomic mass is 10.1. The number of carbonyl (C=O) groups is 1. The molecule has 0 aliphatic carbocycles. The van der Waals surface area contributed by atoms with Crippen molar-refractivity contribution in [2.45, 2.75) is 23.8 Å². The maximum Gasteiger partial charge on any atom is 0.304 e. The zero-order valence-electron chi connectivity index (χ0n) is 18.1. The Morgan fingerprint density at radius 2 is 1.79 bits per heavy atom. The van der Waals surface area contributed by atoms with Crippen LogP contribution in [0.15, 0.2) is 51.1 Å². The molecule has 2 aromatic carbocycles. The Morgan fingerprint density at radius 3 is 2.36 bits per heavy atom. The third-order valence-electron chi connectivity index (χ3n) is 4.88. The average molecular weight is 533 g/mol. The van der Waals surface area contributed by atoms with E-state index in [9.17, 15) is 9.90 Å². The van der Waals surface area contributed by atoms with Gasteiger partial charge in [0, 0.05) is 10.0 Å². The molecule has 0 amide bonds. The van der Waals surface area contributed by atoms with Crippen molar-refractivity contribution in [3.8, 4) is 28.6 Å². The highest BCUT2D eigenvalue weighted by Crippen LogP contribution is 2.42. The molecule has 11 heteroatoms. The van der Waals surface area contributed by atoms with Crippen LogP contribution in [0.5, 0.6) is 17.2 Å². The van der Waals surface area contributed by atoms with E-state index < -0.39 is 11.2 Å². The van der Waals surface area contributed by atoms with Crippen LogP contribution in [0.1, 0.15) is 18.9 Å². The van der Waals surface area contributed by atoms with Crippen LogP contribution in [0.25, 0.3) is 11.4 Å². The van der Waals surface area contributed by atoms with Crippen LogP contribution >= 0.6 is 27.7 Å². The van der Waals surface area contributed by atoms with Gasteiger partial charge in [0.05, 0.1) is 38.2 Å². The van der Waals surface area contributed by atoms with E-state index in [1.54, 1.807) is 31.0 Å². The molecule has 172 valence electrons. The molecule has 9 nitrogen and oxygen atoms in total. The van der Waals surface area contributed by atoms with Gasteiger partial charge in [-0.25, -0.2) is 0 Å². The number of nitrogens with zero attached hydrogens (tertiary/aromatic N) is 4. The van der Waals surface area contributed by atoms with Gasteiger partial charge in [-0.1, -0.05) is 39.8 Å². The summed E-state index contributed by atoms with van der Waals surface area (Å²) in [5.41, 5.74) is 2.12. The number of thioether (sulfide) groups is 1. The van der Waals surface area contributed by atoms with E-state index in [-0.39, 0.29) is 6.42 Å². The van der Waals surface area contributed by atoms with Crippen molar-refractivity contribution in [1.29, 1.82) is 0 Å². The first kappa shape index (κ1) is 23.1. The number of aromatic nitrogens is 3. The number of methoxy groups -OCH3 is 2. The number of halogens is 1. The molecular weight excluding hydrogens is 512 g/mol. The Kier molecular flexibility index (Phi) is 6.89. The van der Waals surface area contributed by atoms with Crippen LogP contribution in [-0.4, -0.2) is 57.7 Å². The zero-order valence-corrected chi connectivity index (χ0v) is 20.5. The molecule has 1 N–H and O–H groups in total. The van der Waals surface area contributed by atoms with E-state index in [1.165, 1.54) is 11.8 Å². The van der Waals surface area contributed by atoms with E-state index >= 15 is 0 Å². The van der Waals surface area contributed by atoms with Gasteiger partial charge in [0.1, 0.15) is 0 Å². The molecule has 0 fully saturated rings. The summed E-state index contributed by atoms with van der Waals surface area (Å²) in [6.45, 7) is 2.33. The molecule has 4 rings (SSSR count). The van der Waals surface area contributed by atoms with Gasteiger partial charge in [-0.2, -0.15) is 9.78 Å². The number of carboxylic acid groups (broad SMARTS) is 1. The van der Waals surface area contributed by atoms with E-state index in [4.69, 9.17) is 19.3 Å². The van der Waals surface area contributed by atoms with Crippen molar-refractivity contribution in [1.82, 2.24) is 14.9 Å². The predicted molar refractivity (Wildman–Crippen MR) is 128 cm³/mol. The zero-order chi connectivity index (χ0) is 23.5. The number of aliphatic carboxylic acids is 1. The summed E-state index contributed by atoms with van der Waals surface area (Å²) >= 11 is 4.75. The van der Waals surface area contributed by atoms with E-state index in [0.29, 0.717) is 46.1 Å².